The molecule has 148 valence electrons. The fraction of sp³-hybridized carbons (Fsp3) is 0.0952. The molecule has 4 rings (SSSR count). The Hall–Kier alpha value is -3.26. The minimum absolute atomic E-state index is 0.325. The second-order valence-electron chi connectivity index (χ2n) is 6.53. The number of rotatable bonds is 3. The molecule has 0 saturated heterocycles. The Labute approximate surface area is 161 Å². The van der Waals surface area contributed by atoms with Gasteiger partial charge in [0, 0.05) is 17.0 Å². The maximum atomic E-state index is 13.9. The molecule has 1 N–H and O–H groups in total. The Bertz CT molecular complexity index is 1170. The first kappa shape index (κ1) is 19.1. The molecule has 1 atom stereocenters. The lowest BCUT2D eigenvalue weighted by Crippen LogP contribution is -2.43. The number of halogens is 5. The van der Waals surface area contributed by atoms with Gasteiger partial charge in [0.1, 0.15) is 11.6 Å². The fourth-order valence-electron chi connectivity index (χ4n) is 3.29. The Balaban J connectivity index is 1.90. The van der Waals surface area contributed by atoms with Crippen LogP contribution in [0.5, 0.6) is 0 Å². The number of hydrogen-bond donors (Lipinski definition) is 1. The molecule has 1 unspecified atom stereocenters. The maximum Gasteiger partial charge on any atom is 0.425 e. The zero-order valence-electron chi connectivity index (χ0n) is 14.7. The van der Waals surface area contributed by atoms with E-state index in [1.165, 1.54) is 16.9 Å². The molecule has 29 heavy (non-hydrogen) atoms. The van der Waals surface area contributed by atoms with Crippen LogP contribution >= 0.6 is 0 Å². The third-order valence-electron chi connectivity index (χ3n) is 4.68. The van der Waals surface area contributed by atoms with Gasteiger partial charge in [-0.2, -0.15) is 18.3 Å². The summed E-state index contributed by atoms with van der Waals surface area (Å²) in [6.07, 6.45) is -3.87. The summed E-state index contributed by atoms with van der Waals surface area (Å²) in [5.74, 6) is -2.44. The summed E-state index contributed by atoms with van der Waals surface area (Å²) in [5.41, 5.74) is -3.91. The van der Waals surface area contributed by atoms with Crippen LogP contribution in [0.1, 0.15) is 11.1 Å². The van der Waals surface area contributed by atoms with E-state index in [0.29, 0.717) is 34.8 Å². The van der Waals surface area contributed by atoms with Gasteiger partial charge in [0.05, 0.1) is 17.4 Å². The highest BCUT2D eigenvalue weighted by Gasteiger charge is 2.56. The van der Waals surface area contributed by atoms with Gasteiger partial charge in [0.2, 0.25) is 5.60 Å². The van der Waals surface area contributed by atoms with Crippen molar-refractivity contribution in [1.82, 2.24) is 9.78 Å². The molecule has 0 fully saturated rings. The van der Waals surface area contributed by atoms with Crippen LogP contribution < -0.4 is 0 Å². The predicted molar refractivity (Wildman–Crippen MR) is 96.5 cm³/mol. The van der Waals surface area contributed by atoms with Crippen molar-refractivity contribution in [2.75, 3.05) is 0 Å². The smallest absolute Gasteiger partial charge is 0.372 e. The molecule has 0 spiro atoms. The van der Waals surface area contributed by atoms with Crippen LogP contribution in [-0.2, 0) is 5.60 Å². The summed E-state index contributed by atoms with van der Waals surface area (Å²) < 4.78 is 70.4. The van der Waals surface area contributed by atoms with Gasteiger partial charge in [-0.05, 0) is 42.0 Å². The van der Waals surface area contributed by atoms with E-state index in [1.54, 1.807) is 24.3 Å². The summed E-state index contributed by atoms with van der Waals surface area (Å²) >= 11 is 0. The molecule has 0 saturated carbocycles. The van der Waals surface area contributed by atoms with E-state index >= 15 is 0 Å². The van der Waals surface area contributed by atoms with Crippen LogP contribution in [-0.4, -0.2) is 21.1 Å². The Kier molecular flexibility index (Phi) is 4.38. The first-order valence-electron chi connectivity index (χ1n) is 8.49. The van der Waals surface area contributed by atoms with Crippen molar-refractivity contribution < 1.29 is 27.1 Å². The molecule has 1 aromatic heterocycles. The molecule has 3 aromatic carbocycles. The van der Waals surface area contributed by atoms with Crippen molar-refractivity contribution in [3.8, 4) is 5.69 Å². The highest BCUT2D eigenvalue weighted by Crippen LogP contribution is 2.45. The van der Waals surface area contributed by atoms with Crippen molar-refractivity contribution in [3.63, 3.8) is 0 Å². The van der Waals surface area contributed by atoms with Gasteiger partial charge in [0.25, 0.3) is 0 Å². The maximum absolute atomic E-state index is 13.9. The van der Waals surface area contributed by atoms with Gasteiger partial charge in [-0.25, -0.2) is 13.5 Å². The number of aliphatic hydroxyl groups is 1. The largest absolute Gasteiger partial charge is 0.425 e. The van der Waals surface area contributed by atoms with E-state index in [-0.39, 0.29) is 0 Å². The van der Waals surface area contributed by atoms with E-state index < -0.39 is 34.5 Å². The molecule has 3 nitrogen and oxygen atoms in total. The minimum Gasteiger partial charge on any atom is -0.372 e. The fourth-order valence-corrected chi connectivity index (χ4v) is 3.29. The van der Waals surface area contributed by atoms with Crippen molar-refractivity contribution in [3.05, 3.63) is 95.7 Å². The Morgan fingerprint density at radius 3 is 2.07 bits per heavy atom. The predicted octanol–water partition coefficient (Wildman–Crippen LogP) is 5.10. The summed E-state index contributed by atoms with van der Waals surface area (Å²) in [7, 11) is 0. The van der Waals surface area contributed by atoms with E-state index in [1.807, 2.05) is 6.07 Å². The first-order chi connectivity index (χ1) is 13.7. The summed E-state index contributed by atoms with van der Waals surface area (Å²) in [4.78, 5) is 0. The van der Waals surface area contributed by atoms with Crippen LogP contribution in [0.2, 0.25) is 0 Å². The zero-order chi connectivity index (χ0) is 20.8. The van der Waals surface area contributed by atoms with Crippen LogP contribution in [0.25, 0.3) is 16.6 Å². The number of benzene rings is 3. The molecule has 0 radical (unpaired) electrons. The number of alkyl halides is 3. The summed E-state index contributed by atoms with van der Waals surface area (Å²) in [6.45, 7) is 0. The number of hydrogen-bond acceptors (Lipinski definition) is 2. The molecule has 8 heteroatoms. The third-order valence-corrected chi connectivity index (χ3v) is 4.68. The van der Waals surface area contributed by atoms with Gasteiger partial charge < -0.3 is 5.11 Å². The molecule has 0 aliphatic rings. The van der Waals surface area contributed by atoms with E-state index in [0.717, 1.165) is 12.1 Å². The van der Waals surface area contributed by atoms with E-state index in [9.17, 15) is 27.1 Å². The molecule has 0 amide bonds. The molecule has 0 aliphatic carbocycles. The zero-order valence-corrected chi connectivity index (χ0v) is 14.7. The quantitative estimate of drug-likeness (QED) is 0.483. The number of fused-ring (bicyclic) bond motifs is 1. The lowest BCUT2D eigenvalue weighted by Gasteiger charge is -2.31. The first-order valence-corrected chi connectivity index (χ1v) is 8.49. The van der Waals surface area contributed by atoms with Gasteiger partial charge in [-0.1, -0.05) is 24.3 Å². The monoisotopic (exact) mass is 404 g/mol. The summed E-state index contributed by atoms with van der Waals surface area (Å²) in [6, 6.07) is 13.9. The molecular formula is C21H13F5N2O. The van der Waals surface area contributed by atoms with Gasteiger partial charge in [-0.15, -0.1) is 0 Å². The number of nitrogens with zero attached hydrogens (tertiary/aromatic N) is 2. The highest BCUT2D eigenvalue weighted by molar-refractivity contribution is 5.81. The SMILES string of the molecule is OC(c1cc(F)cc(F)c1)(c1ccc2c(cnn2-c2ccccc2)c1)C(F)(F)F. The van der Waals surface area contributed by atoms with Crippen LogP contribution in [0, 0.1) is 11.6 Å². The Morgan fingerprint density at radius 2 is 1.45 bits per heavy atom. The summed E-state index contributed by atoms with van der Waals surface area (Å²) in [5, 5.41) is 15.1. The molecule has 1 heterocycles. The molecule has 4 aromatic rings. The average molecular weight is 404 g/mol. The van der Waals surface area contributed by atoms with Crippen LogP contribution in [0.15, 0.2) is 72.9 Å². The van der Waals surface area contributed by atoms with Crippen LogP contribution in [0.3, 0.4) is 0 Å². The minimum atomic E-state index is -5.23. The second kappa shape index (κ2) is 6.66. The lowest BCUT2D eigenvalue weighted by molar-refractivity contribution is -0.248. The van der Waals surface area contributed by atoms with Crippen molar-refractivity contribution in [1.29, 1.82) is 0 Å². The molecular weight excluding hydrogens is 391 g/mol. The standard InChI is InChI=1S/C21H13F5N2O/c22-16-9-15(10-17(23)11-16)20(29,21(24,25)26)14-6-7-19-13(8-14)12-27-28(19)18-4-2-1-3-5-18/h1-12,29H. The van der Waals surface area contributed by atoms with E-state index in [2.05, 4.69) is 5.10 Å². The van der Waals surface area contributed by atoms with Gasteiger partial charge in [0.15, 0.2) is 0 Å². The van der Waals surface area contributed by atoms with Gasteiger partial charge in [-0.3, -0.25) is 0 Å². The van der Waals surface area contributed by atoms with Crippen molar-refractivity contribution in [2.45, 2.75) is 11.8 Å². The average Bonchev–Trinajstić information content (AvgIpc) is 3.09. The topological polar surface area (TPSA) is 38.1 Å². The van der Waals surface area contributed by atoms with Crippen molar-refractivity contribution in [2.24, 2.45) is 0 Å². The Morgan fingerprint density at radius 1 is 0.793 bits per heavy atom. The second-order valence-corrected chi connectivity index (χ2v) is 6.53. The normalized spacial score (nSPS) is 14.1. The molecule has 0 bridgehead atoms. The number of para-hydroxylation sites is 1. The number of aromatic nitrogens is 2. The molecule has 0 aliphatic heterocycles. The van der Waals surface area contributed by atoms with Crippen molar-refractivity contribution >= 4 is 10.9 Å². The lowest BCUT2D eigenvalue weighted by atomic mass is 9.85. The van der Waals surface area contributed by atoms with Gasteiger partial charge >= 0.3 is 6.18 Å². The highest BCUT2D eigenvalue weighted by atomic mass is 19.4. The van der Waals surface area contributed by atoms with E-state index in [4.69, 9.17) is 0 Å². The third kappa shape index (κ3) is 3.15. The van der Waals surface area contributed by atoms with Crippen LogP contribution in [0.4, 0.5) is 22.0 Å².